The summed E-state index contributed by atoms with van der Waals surface area (Å²) < 4.78 is 4.89. The molecule has 0 aliphatic carbocycles. The molecule has 0 radical (unpaired) electrons. The van der Waals surface area contributed by atoms with E-state index in [1.165, 1.54) is 0 Å². The van der Waals surface area contributed by atoms with Crippen molar-refractivity contribution < 1.29 is 9.84 Å². The highest BCUT2D eigenvalue weighted by Gasteiger charge is 2.08. The average molecular weight is 239 g/mol. The van der Waals surface area contributed by atoms with Crippen LogP contribution < -0.4 is 5.32 Å². The standard InChI is InChI=1S/C12H21N3O2/c1-13-12-6-10(4-5-14-12)7-15(2)8-11(16)9-17-3/h4-6,11,16H,7-9H2,1-3H3,(H,13,14). The van der Waals surface area contributed by atoms with Crippen molar-refractivity contribution in [2.75, 3.05) is 39.7 Å². The first-order chi connectivity index (χ1) is 8.15. The molecule has 0 spiro atoms. The number of aliphatic hydroxyl groups excluding tert-OH is 1. The van der Waals surface area contributed by atoms with Crippen LogP contribution in [-0.4, -0.2) is 55.5 Å². The molecule has 0 aliphatic heterocycles. The second kappa shape index (κ2) is 7.21. The molecule has 1 aromatic heterocycles. The van der Waals surface area contributed by atoms with Crippen molar-refractivity contribution in [2.24, 2.45) is 0 Å². The van der Waals surface area contributed by atoms with Crippen LogP contribution in [-0.2, 0) is 11.3 Å². The molecular weight excluding hydrogens is 218 g/mol. The highest BCUT2D eigenvalue weighted by molar-refractivity contribution is 5.36. The normalized spacial score (nSPS) is 12.8. The minimum atomic E-state index is -0.449. The number of hydrogen-bond donors (Lipinski definition) is 2. The zero-order chi connectivity index (χ0) is 12.7. The van der Waals surface area contributed by atoms with E-state index in [2.05, 4.69) is 15.2 Å². The molecule has 17 heavy (non-hydrogen) atoms. The number of aromatic nitrogens is 1. The van der Waals surface area contributed by atoms with Gasteiger partial charge in [-0.3, -0.25) is 4.90 Å². The molecule has 2 N–H and O–H groups in total. The van der Waals surface area contributed by atoms with Gasteiger partial charge in [0.05, 0.1) is 12.7 Å². The van der Waals surface area contributed by atoms with Gasteiger partial charge in [0, 0.05) is 33.4 Å². The minimum Gasteiger partial charge on any atom is -0.389 e. The molecule has 1 rings (SSSR count). The molecular formula is C12H21N3O2. The summed E-state index contributed by atoms with van der Waals surface area (Å²) >= 11 is 0. The molecule has 0 aliphatic rings. The first-order valence-corrected chi connectivity index (χ1v) is 5.64. The summed E-state index contributed by atoms with van der Waals surface area (Å²) in [5.74, 6) is 0.855. The Morgan fingerprint density at radius 1 is 1.59 bits per heavy atom. The number of ether oxygens (including phenoxy) is 1. The van der Waals surface area contributed by atoms with Gasteiger partial charge in [0.25, 0.3) is 0 Å². The quantitative estimate of drug-likeness (QED) is 0.728. The number of nitrogens with one attached hydrogen (secondary N) is 1. The Bertz CT molecular complexity index is 333. The summed E-state index contributed by atoms with van der Waals surface area (Å²) in [5.41, 5.74) is 1.16. The van der Waals surface area contributed by atoms with Gasteiger partial charge in [0.15, 0.2) is 0 Å². The number of likely N-dealkylation sites (N-methyl/N-ethyl adjacent to an activating group) is 1. The number of rotatable bonds is 7. The van der Waals surface area contributed by atoms with E-state index < -0.39 is 6.10 Å². The van der Waals surface area contributed by atoms with Crippen LogP contribution in [0.1, 0.15) is 5.56 Å². The maximum atomic E-state index is 9.61. The molecule has 96 valence electrons. The average Bonchev–Trinajstić information content (AvgIpc) is 2.29. The zero-order valence-electron chi connectivity index (χ0n) is 10.7. The molecule has 5 heteroatoms. The topological polar surface area (TPSA) is 57.6 Å². The Labute approximate surface area is 102 Å². The van der Waals surface area contributed by atoms with E-state index in [9.17, 15) is 5.11 Å². The van der Waals surface area contributed by atoms with Gasteiger partial charge in [-0.15, -0.1) is 0 Å². The van der Waals surface area contributed by atoms with Gasteiger partial charge in [-0.05, 0) is 24.7 Å². The molecule has 0 fully saturated rings. The smallest absolute Gasteiger partial charge is 0.125 e. The molecule has 0 amide bonds. The van der Waals surface area contributed by atoms with E-state index in [4.69, 9.17) is 4.74 Å². The maximum absolute atomic E-state index is 9.61. The van der Waals surface area contributed by atoms with Crippen molar-refractivity contribution in [3.05, 3.63) is 23.9 Å². The number of pyridine rings is 1. The Morgan fingerprint density at radius 2 is 2.35 bits per heavy atom. The van der Waals surface area contributed by atoms with E-state index in [-0.39, 0.29) is 0 Å². The second-order valence-electron chi connectivity index (χ2n) is 4.11. The van der Waals surface area contributed by atoms with Crippen LogP contribution in [0.2, 0.25) is 0 Å². The van der Waals surface area contributed by atoms with Crippen molar-refractivity contribution in [3.8, 4) is 0 Å². The first-order valence-electron chi connectivity index (χ1n) is 5.64. The largest absolute Gasteiger partial charge is 0.389 e. The number of anilines is 1. The number of aliphatic hydroxyl groups is 1. The highest BCUT2D eigenvalue weighted by atomic mass is 16.5. The van der Waals surface area contributed by atoms with Crippen molar-refractivity contribution in [2.45, 2.75) is 12.6 Å². The Kier molecular flexibility index (Phi) is 5.90. The Balaban J connectivity index is 2.46. The molecule has 1 aromatic rings. The zero-order valence-corrected chi connectivity index (χ0v) is 10.7. The molecule has 0 saturated heterocycles. The maximum Gasteiger partial charge on any atom is 0.125 e. The minimum absolute atomic E-state index is 0.364. The van der Waals surface area contributed by atoms with E-state index in [0.29, 0.717) is 13.2 Å². The molecule has 1 unspecified atom stereocenters. The third kappa shape index (κ3) is 5.12. The first kappa shape index (κ1) is 13.9. The van der Waals surface area contributed by atoms with E-state index in [1.807, 2.05) is 26.2 Å². The lowest BCUT2D eigenvalue weighted by Gasteiger charge is -2.20. The van der Waals surface area contributed by atoms with Crippen LogP contribution >= 0.6 is 0 Å². The summed E-state index contributed by atoms with van der Waals surface area (Å²) in [7, 11) is 5.40. The van der Waals surface area contributed by atoms with Crippen LogP contribution in [0.4, 0.5) is 5.82 Å². The van der Waals surface area contributed by atoms with Crippen LogP contribution in [0.3, 0.4) is 0 Å². The van der Waals surface area contributed by atoms with Crippen LogP contribution in [0.15, 0.2) is 18.3 Å². The SMILES string of the molecule is CNc1cc(CN(C)CC(O)COC)ccn1. The Hall–Kier alpha value is -1.17. The number of methoxy groups -OCH3 is 1. The third-order valence-corrected chi connectivity index (χ3v) is 2.41. The molecule has 0 bridgehead atoms. The summed E-state index contributed by atoms with van der Waals surface area (Å²) in [6.07, 6.45) is 1.33. The number of hydrogen-bond acceptors (Lipinski definition) is 5. The fraction of sp³-hybridized carbons (Fsp3) is 0.583. The molecule has 0 aromatic carbocycles. The van der Waals surface area contributed by atoms with Crippen LogP contribution in [0, 0.1) is 0 Å². The van der Waals surface area contributed by atoms with Gasteiger partial charge in [-0.1, -0.05) is 0 Å². The predicted molar refractivity (Wildman–Crippen MR) is 68.0 cm³/mol. The molecule has 1 atom stereocenters. The van der Waals surface area contributed by atoms with E-state index in [0.717, 1.165) is 17.9 Å². The van der Waals surface area contributed by atoms with Crippen molar-refractivity contribution in [1.29, 1.82) is 0 Å². The summed E-state index contributed by atoms with van der Waals surface area (Å²) in [6.45, 7) is 1.73. The van der Waals surface area contributed by atoms with Gasteiger partial charge < -0.3 is 15.2 Å². The number of nitrogens with zero attached hydrogens (tertiary/aromatic N) is 2. The lowest BCUT2D eigenvalue weighted by atomic mass is 10.2. The lowest BCUT2D eigenvalue weighted by molar-refractivity contribution is 0.0419. The molecule has 5 nitrogen and oxygen atoms in total. The summed E-state index contributed by atoms with van der Waals surface area (Å²) in [4.78, 5) is 6.21. The Morgan fingerprint density at radius 3 is 3.00 bits per heavy atom. The van der Waals surface area contributed by atoms with Crippen molar-refractivity contribution >= 4 is 5.82 Å². The molecule has 1 heterocycles. The van der Waals surface area contributed by atoms with Gasteiger partial charge in [0.2, 0.25) is 0 Å². The predicted octanol–water partition coefficient (Wildman–Crippen LogP) is 0.562. The van der Waals surface area contributed by atoms with Gasteiger partial charge in [-0.25, -0.2) is 4.98 Å². The van der Waals surface area contributed by atoms with Gasteiger partial charge in [0.1, 0.15) is 5.82 Å². The van der Waals surface area contributed by atoms with Crippen LogP contribution in [0.5, 0.6) is 0 Å². The van der Waals surface area contributed by atoms with Crippen molar-refractivity contribution in [3.63, 3.8) is 0 Å². The summed E-state index contributed by atoms with van der Waals surface area (Å²) in [6, 6.07) is 3.97. The van der Waals surface area contributed by atoms with Crippen molar-refractivity contribution in [1.82, 2.24) is 9.88 Å². The van der Waals surface area contributed by atoms with E-state index >= 15 is 0 Å². The summed E-state index contributed by atoms with van der Waals surface area (Å²) in [5, 5.41) is 12.6. The van der Waals surface area contributed by atoms with Gasteiger partial charge >= 0.3 is 0 Å². The fourth-order valence-corrected chi connectivity index (χ4v) is 1.69. The molecule has 0 saturated carbocycles. The third-order valence-electron chi connectivity index (χ3n) is 2.41. The lowest BCUT2D eigenvalue weighted by Crippen LogP contribution is -2.31. The van der Waals surface area contributed by atoms with Gasteiger partial charge in [-0.2, -0.15) is 0 Å². The van der Waals surface area contributed by atoms with E-state index in [1.54, 1.807) is 13.3 Å². The second-order valence-corrected chi connectivity index (χ2v) is 4.11. The fourth-order valence-electron chi connectivity index (χ4n) is 1.69. The van der Waals surface area contributed by atoms with Crippen LogP contribution in [0.25, 0.3) is 0 Å². The monoisotopic (exact) mass is 239 g/mol. The highest BCUT2D eigenvalue weighted by Crippen LogP contribution is 2.08.